The molecule has 1 aromatic heterocycles. The first kappa shape index (κ1) is 10.9. The number of aromatic nitrogens is 2. The highest BCUT2D eigenvalue weighted by Crippen LogP contribution is 2.23. The Morgan fingerprint density at radius 1 is 1.12 bits per heavy atom. The number of methoxy groups -OCH3 is 1. The highest BCUT2D eigenvalue weighted by atomic mass is 35.5. The van der Waals surface area contributed by atoms with Crippen molar-refractivity contribution >= 4 is 11.6 Å². The Morgan fingerprint density at radius 3 is 2.50 bits per heavy atom. The molecule has 1 heterocycles. The minimum Gasteiger partial charge on any atom is -0.480 e. The van der Waals surface area contributed by atoms with Crippen molar-refractivity contribution in [1.82, 2.24) is 10.2 Å². The van der Waals surface area contributed by atoms with E-state index in [1.807, 2.05) is 31.2 Å². The second-order valence-electron chi connectivity index (χ2n) is 3.42. The van der Waals surface area contributed by atoms with Crippen LogP contribution < -0.4 is 4.74 Å². The smallest absolute Gasteiger partial charge is 0.233 e. The number of hydrogen-bond acceptors (Lipinski definition) is 3. The lowest BCUT2D eigenvalue weighted by Gasteiger charge is -2.03. The molecule has 0 aliphatic heterocycles. The standard InChI is InChI=1S/C12H11ClN2O/c1-8-3-4-9(7-10(8)13)11-5-6-12(16-2)15-14-11/h3-7H,1-2H3. The maximum absolute atomic E-state index is 6.05. The van der Waals surface area contributed by atoms with E-state index in [1.54, 1.807) is 13.2 Å². The summed E-state index contributed by atoms with van der Waals surface area (Å²) in [6.07, 6.45) is 0. The zero-order valence-corrected chi connectivity index (χ0v) is 9.82. The molecular weight excluding hydrogens is 224 g/mol. The Bertz CT molecular complexity index is 497. The lowest BCUT2D eigenvalue weighted by atomic mass is 10.1. The van der Waals surface area contributed by atoms with Gasteiger partial charge >= 0.3 is 0 Å². The highest BCUT2D eigenvalue weighted by molar-refractivity contribution is 6.31. The average Bonchev–Trinajstić information content (AvgIpc) is 2.33. The Labute approximate surface area is 99.0 Å². The molecule has 82 valence electrons. The maximum Gasteiger partial charge on any atom is 0.233 e. The topological polar surface area (TPSA) is 35.0 Å². The first-order chi connectivity index (χ1) is 7.70. The van der Waals surface area contributed by atoms with Gasteiger partial charge in [-0.25, -0.2) is 0 Å². The summed E-state index contributed by atoms with van der Waals surface area (Å²) in [5, 5.41) is 8.70. The van der Waals surface area contributed by atoms with Gasteiger partial charge in [0.05, 0.1) is 12.8 Å². The molecule has 16 heavy (non-hydrogen) atoms. The molecule has 2 aromatic rings. The molecule has 0 radical (unpaired) electrons. The van der Waals surface area contributed by atoms with Gasteiger partial charge in [0.15, 0.2) is 0 Å². The van der Waals surface area contributed by atoms with E-state index in [0.29, 0.717) is 5.88 Å². The summed E-state index contributed by atoms with van der Waals surface area (Å²) in [7, 11) is 1.56. The van der Waals surface area contributed by atoms with Gasteiger partial charge < -0.3 is 4.74 Å². The van der Waals surface area contributed by atoms with Crippen molar-refractivity contribution < 1.29 is 4.74 Å². The van der Waals surface area contributed by atoms with Crippen LogP contribution in [0.25, 0.3) is 11.3 Å². The van der Waals surface area contributed by atoms with Gasteiger partial charge in [0.25, 0.3) is 0 Å². The van der Waals surface area contributed by atoms with E-state index in [4.69, 9.17) is 16.3 Å². The van der Waals surface area contributed by atoms with Crippen molar-refractivity contribution in [3.05, 3.63) is 40.9 Å². The molecule has 0 spiro atoms. The third kappa shape index (κ3) is 2.14. The largest absolute Gasteiger partial charge is 0.480 e. The Kier molecular flexibility index (Phi) is 3.06. The third-order valence-electron chi connectivity index (χ3n) is 2.32. The molecular formula is C12H11ClN2O. The van der Waals surface area contributed by atoms with Gasteiger partial charge in [-0.2, -0.15) is 0 Å². The summed E-state index contributed by atoms with van der Waals surface area (Å²) in [6, 6.07) is 9.44. The predicted molar refractivity (Wildman–Crippen MR) is 63.8 cm³/mol. The van der Waals surface area contributed by atoms with Crippen LogP contribution in [-0.2, 0) is 0 Å². The van der Waals surface area contributed by atoms with Crippen LogP contribution in [0.4, 0.5) is 0 Å². The van der Waals surface area contributed by atoms with E-state index in [2.05, 4.69) is 10.2 Å². The first-order valence-electron chi connectivity index (χ1n) is 4.85. The molecule has 0 bridgehead atoms. The average molecular weight is 235 g/mol. The van der Waals surface area contributed by atoms with Crippen molar-refractivity contribution in [3.8, 4) is 17.1 Å². The fourth-order valence-corrected chi connectivity index (χ4v) is 1.52. The molecule has 0 N–H and O–H groups in total. The molecule has 0 saturated heterocycles. The number of benzene rings is 1. The van der Waals surface area contributed by atoms with E-state index >= 15 is 0 Å². The summed E-state index contributed by atoms with van der Waals surface area (Å²) < 4.78 is 4.95. The number of ether oxygens (including phenoxy) is 1. The van der Waals surface area contributed by atoms with Crippen LogP contribution in [0.3, 0.4) is 0 Å². The molecule has 0 aliphatic carbocycles. The molecule has 0 fully saturated rings. The molecule has 0 saturated carbocycles. The number of hydrogen-bond donors (Lipinski definition) is 0. The van der Waals surface area contributed by atoms with E-state index in [0.717, 1.165) is 21.8 Å². The first-order valence-corrected chi connectivity index (χ1v) is 5.23. The lowest BCUT2D eigenvalue weighted by Crippen LogP contribution is -1.92. The number of halogens is 1. The van der Waals surface area contributed by atoms with Crippen molar-refractivity contribution in [3.63, 3.8) is 0 Å². The molecule has 3 nitrogen and oxygen atoms in total. The van der Waals surface area contributed by atoms with Gasteiger partial charge in [0, 0.05) is 16.7 Å². The zero-order valence-electron chi connectivity index (χ0n) is 9.07. The number of aryl methyl sites for hydroxylation is 1. The Morgan fingerprint density at radius 2 is 1.94 bits per heavy atom. The quantitative estimate of drug-likeness (QED) is 0.801. The van der Waals surface area contributed by atoms with Crippen LogP contribution in [-0.4, -0.2) is 17.3 Å². The summed E-state index contributed by atoms with van der Waals surface area (Å²) in [5.74, 6) is 0.502. The van der Waals surface area contributed by atoms with E-state index in [-0.39, 0.29) is 0 Å². The minimum atomic E-state index is 0.502. The fraction of sp³-hybridized carbons (Fsp3) is 0.167. The van der Waals surface area contributed by atoms with E-state index in [1.165, 1.54) is 0 Å². The second kappa shape index (κ2) is 4.49. The van der Waals surface area contributed by atoms with Crippen LogP contribution in [0.5, 0.6) is 5.88 Å². The van der Waals surface area contributed by atoms with Gasteiger partial charge in [-0.05, 0) is 24.6 Å². The number of nitrogens with zero attached hydrogens (tertiary/aromatic N) is 2. The molecule has 1 aromatic carbocycles. The molecule has 2 rings (SSSR count). The molecule has 0 aliphatic rings. The van der Waals surface area contributed by atoms with Gasteiger partial charge in [0.1, 0.15) is 0 Å². The Balaban J connectivity index is 2.38. The van der Waals surface area contributed by atoms with Crippen molar-refractivity contribution in [2.45, 2.75) is 6.92 Å². The molecule has 0 amide bonds. The van der Waals surface area contributed by atoms with Crippen molar-refractivity contribution in [2.24, 2.45) is 0 Å². The van der Waals surface area contributed by atoms with Crippen molar-refractivity contribution in [2.75, 3.05) is 7.11 Å². The molecule has 0 atom stereocenters. The van der Waals surface area contributed by atoms with Gasteiger partial charge in [-0.15, -0.1) is 10.2 Å². The van der Waals surface area contributed by atoms with Crippen LogP contribution in [0, 0.1) is 6.92 Å². The lowest BCUT2D eigenvalue weighted by molar-refractivity contribution is 0.392. The molecule has 4 heteroatoms. The fourth-order valence-electron chi connectivity index (χ4n) is 1.34. The van der Waals surface area contributed by atoms with Crippen LogP contribution >= 0.6 is 11.6 Å². The summed E-state index contributed by atoms with van der Waals surface area (Å²) in [4.78, 5) is 0. The van der Waals surface area contributed by atoms with E-state index < -0.39 is 0 Å². The predicted octanol–water partition coefficient (Wildman–Crippen LogP) is 3.11. The van der Waals surface area contributed by atoms with Gasteiger partial charge in [0.2, 0.25) is 5.88 Å². The van der Waals surface area contributed by atoms with Gasteiger partial charge in [-0.3, -0.25) is 0 Å². The zero-order chi connectivity index (χ0) is 11.5. The third-order valence-corrected chi connectivity index (χ3v) is 2.72. The SMILES string of the molecule is COc1ccc(-c2ccc(C)c(Cl)c2)nn1. The number of rotatable bonds is 2. The van der Waals surface area contributed by atoms with E-state index in [9.17, 15) is 0 Å². The minimum absolute atomic E-state index is 0.502. The van der Waals surface area contributed by atoms with Crippen LogP contribution in [0.2, 0.25) is 5.02 Å². The van der Waals surface area contributed by atoms with Crippen LogP contribution in [0.1, 0.15) is 5.56 Å². The second-order valence-corrected chi connectivity index (χ2v) is 3.83. The summed E-state index contributed by atoms with van der Waals surface area (Å²) in [6.45, 7) is 1.96. The van der Waals surface area contributed by atoms with Gasteiger partial charge in [-0.1, -0.05) is 23.7 Å². The van der Waals surface area contributed by atoms with Crippen molar-refractivity contribution in [1.29, 1.82) is 0 Å². The monoisotopic (exact) mass is 234 g/mol. The summed E-state index contributed by atoms with van der Waals surface area (Å²) in [5.41, 5.74) is 2.78. The normalized spacial score (nSPS) is 10.2. The van der Waals surface area contributed by atoms with Crippen LogP contribution in [0.15, 0.2) is 30.3 Å². The maximum atomic E-state index is 6.05. The highest BCUT2D eigenvalue weighted by Gasteiger charge is 2.03. The summed E-state index contributed by atoms with van der Waals surface area (Å²) >= 11 is 6.05. The Hall–Kier alpha value is -1.61. The molecule has 0 unspecified atom stereocenters.